The highest BCUT2D eigenvalue weighted by Crippen LogP contribution is 2.51. The Morgan fingerprint density at radius 1 is 1.25 bits per heavy atom. The van der Waals surface area contributed by atoms with Crippen LogP contribution < -0.4 is 0 Å². The first-order valence-electron chi connectivity index (χ1n) is 10.8. The minimum absolute atomic E-state index is 0.0212. The Hall–Kier alpha value is -2.63. The molecular weight excluding hydrogens is 424 g/mol. The number of ether oxygens (including phenoxy) is 2. The van der Waals surface area contributed by atoms with E-state index in [4.69, 9.17) is 14.3 Å². The van der Waals surface area contributed by atoms with Crippen molar-refractivity contribution < 1.29 is 43.4 Å². The van der Waals surface area contributed by atoms with Crippen LogP contribution in [-0.2, 0) is 38.3 Å². The summed E-state index contributed by atoms with van der Waals surface area (Å²) < 4.78 is 11.6. The number of hydrogen-bond acceptors (Lipinski definition) is 9. The first-order chi connectivity index (χ1) is 15.3. The van der Waals surface area contributed by atoms with Crippen LogP contribution in [0.4, 0.5) is 0 Å². The van der Waals surface area contributed by atoms with Gasteiger partial charge in [-0.25, -0.2) is 4.79 Å². The molecule has 0 saturated carbocycles. The summed E-state index contributed by atoms with van der Waals surface area (Å²) >= 11 is 0. The van der Waals surface area contributed by atoms with Gasteiger partial charge in [0.15, 0.2) is 0 Å². The molecule has 5 unspecified atom stereocenters. The van der Waals surface area contributed by atoms with Gasteiger partial charge in [-0.05, 0) is 6.42 Å². The quantitative estimate of drug-likeness (QED) is 0.344. The van der Waals surface area contributed by atoms with Gasteiger partial charge in [0.2, 0.25) is 11.8 Å². The Kier molecular flexibility index (Phi) is 6.15. The third-order valence-corrected chi connectivity index (χ3v) is 6.24. The molecule has 0 aromatic heterocycles. The molecule has 4 amide bonds. The van der Waals surface area contributed by atoms with E-state index in [1.807, 2.05) is 6.92 Å². The SMILES string of the molecule is CCCC(O)COCC12C=CC(O1)C1C(=O)N(CCC(=O)ON3C(=O)CCC3=O)C(=O)C12. The van der Waals surface area contributed by atoms with Gasteiger partial charge >= 0.3 is 5.97 Å². The van der Waals surface area contributed by atoms with Gasteiger partial charge < -0.3 is 19.4 Å². The minimum atomic E-state index is -1.09. The maximum atomic E-state index is 13.1. The lowest BCUT2D eigenvalue weighted by molar-refractivity contribution is -0.197. The van der Waals surface area contributed by atoms with Crippen LogP contribution in [0.3, 0.4) is 0 Å². The number of rotatable bonds is 10. The minimum Gasteiger partial charge on any atom is -0.391 e. The third kappa shape index (κ3) is 3.84. The number of carbonyl (C=O) groups excluding carboxylic acids is 5. The average Bonchev–Trinajstić information content (AvgIpc) is 3.46. The molecule has 0 aliphatic carbocycles. The number of amides is 4. The molecule has 1 N–H and O–H groups in total. The number of aliphatic hydroxyl groups is 1. The summed E-state index contributed by atoms with van der Waals surface area (Å²) in [6, 6.07) is 0. The summed E-state index contributed by atoms with van der Waals surface area (Å²) in [5.74, 6) is -4.46. The van der Waals surface area contributed by atoms with E-state index in [0.29, 0.717) is 11.5 Å². The molecule has 174 valence electrons. The molecule has 3 fully saturated rings. The molecule has 0 aromatic rings. The van der Waals surface area contributed by atoms with Gasteiger partial charge in [0.25, 0.3) is 11.8 Å². The molecule has 4 aliphatic rings. The molecule has 0 aromatic carbocycles. The Labute approximate surface area is 184 Å². The van der Waals surface area contributed by atoms with E-state index in [2.05, 4.69) is 0 Å². The van der Waals surface area contributed by atoms with Gasteiger partial charge in [-0.3, -0.25) is 24.1 Å². The first-order valence-corrected chi connectivity index (χ1v) is 10.8. The highest BCUT2D eigenvalue weighted by atomic mass is 16.7. The van der Waals surface area contributed by atoms with Gasteiger partial charge in [-0.15, -0.1) is 5.06 Å². The van der Waals surface area contributed by atoms with Crippen molar-refractivity contribution in [1.82, 2.24) is 9.96 Å². The zero-order chi connectivity index (χ0) is 23.0. The number of imide groups is 2. The first kappa shape index (κ1) is 22.6. The van der Waals surface area contributed by atoms with Gasteiger partial charge in [0.1, 0.15) is 5.60 Å². The predicted molar refractivity (Wildman–Crippen MR) is 104 cm³/mol. The van der Waals surface area contributed by atoms with Crippen LogP contribution in [0.25, 0.3) is 0 Å². The molecule has 0 spiro atoms. The fourth-order valence-corrected chi connectivity index (χ4v) is 4.73. The van der Waals surface area contributed by atoms with E-state index in [9.17, 15) is 29.1 Å². The molecule has 0 radical (unpaired) electrons. The zero-order valence-electron chi connectivity index (χ0n) is 17.7. The Morgan fingerprint density at radius 3 is 2.66 bits per heavy atom. The van der Waals surface area contributed by atoms with Gasteiger partial charge in [0.05, 0.1) is 43.7 Å². The summed E-state index contributed by atoms with van der Waals surface area (Å²) in [6.07, 6.45) is 3.31. The Balaban J connectivity index is 1.35. The van der Waals surface area contributed by atoms with Crippen molar-refractivity contribution in [2.75, 3.05) is 19.8 Å². The van der Waals surface area contributed by atoms with Gasteiger partial charge in [-0.2, -0.15) is 0 Å². The molecule has 11 heteroatoms. The molecule has 3 saturated heterocycles. The van der Waals surface area contributed by atoms with Crippen LogP contribution in [0.15, 0.2) is 12.2 Å². The fraction of sp³-hybridized carbons (Fsp3) is 0.667. The van der Waals surface area contributed by atoms with Gasteiger partial charge in [-0.1, -0.05) is 25.5 Å². The van der Waals surface area contributed by atoms with E-state index in [0.717, 1.165) is 11.3 Å². The van der Waals surface area contributed by atoms with Crippen molar-refractivity contribution in [3.05, 3.63) is 12.2 Å². The van der Waals surface area contributed by atoms with Crippen molar-refractivity contribution in [2.24, 2.45) is 11.8 Å². The van der Waals surface area contributed by atoms with Crippen molar-refractivity contribution >= 4 is 29.6 Å². The predicted octanol–water partition coefficient (Wildman–Crippen LogP) is -0.530. The highest BCUT2D eigenvalue weighted by Gasteiger charge is 2.67. The lowest BCUT2D eigenvalue weighted by atomic mass is 9.77. The topological polar surface area (TPSA) is 140 Å². The standard InChI is InChI=1S/C21H26N2O9/c1-2-3-12(24)10-30-11-21-8-6-13(31-21)17-18(21)20(29)22(19(17)28)9-7-16(27)32-23-14(25)4-5-15(23)26/h6,8,12-13,17-18,24H,2-5,7,9-11H2,1H3. The monoisotopic (exact) mass is 450 g/mol. The van der Waals surface area contributed by atoms with Crippen LogP contribution in [0, 0.1) is 11.8 Å². The van der Waals surface area contributed by atoms with E-state index in [1.165, 1.54) is 0 Å². The number of likely N-dealkylation sites (tertiary alicyclic amines) is 1. The normalized spacial score (nSPS) is 31.8. The second kappa shape index (κ2) is 8.72. The summed E-state index contributed by atoms with van der Waals surface area (Å²) in [5.41, 5.74) is -1.09. The molecule has 4 heterocycles. The summed E-state index contributed by atoms with van der Waals surface area (Å²) in [7, 11) is 0. The molecule has 4 rings (SSSR count). The number of aliphatic hydroxyl groups excluding tert-OH is 1. The summed E-state index contributed by atoms with van der Waals surface area (Å²) in [4.78, 5) is 67.0. The molecule has 32 heavy (non-hydrogen) atoms. The number of carbonyl (C=O) groups is 5. The van der Waals surface area contributed by atoms with E-state index in [1.54, 1.807) is 12.2 Å². The van der Waals surface area contributed by atoms with Crippen LogP contribution >= 0.6 is 0 Å². The average molecular weight is 450 g/mol. The molecule has 2 bridgehead atoms. The van der Waals surface area contributed by atoms with Crippen molar-refractivity contribution in [3.63, 3.8) is 0 Å². The highest BCUT2D eigenvalue weighted by molar-refractivity contribution is 6.07. The van der Waals surface area contributed by atoms with Crippen molar-refractivity contribution in [3.8, 4) is 0 Å². The van der Waals surface area contributed by atoms with E-state index >= 15 is 0 Å². The van der Waals surface area contributed by atoms with Crippen molar-refractivity contribution in [1.29, 1.82) is 0 Å². The lowest BCUT2D eigenvalue weighted by Crippen LogP contribution is -2.45. The molecule has 4 aliphatic heterocycles. The van der Waals surface area contributed by atoms with Crippen LogP contribution in [-0.4, -0.2) is 82.2 Å². The zero-order valence-corrected chi connectivity index (χ0v) is 17.7. The summed E-state index contributed by atoms with van der Waals surface area (Å²) in [6.45, 7) is 1.85. The van der Waals surface area contributed by atoms with Crippen molar-refractivity contribution in [2.45, 2.75) is 56.8 Å². The number of fused-ring (bicyclic) bond motifs is 5. The number of nitrogens with zero attached hydrogens (tertiary/aromatic N) is 2. The van der Waals surface area contributed by atoms with Crippen LogP contribution in [0.5, 0.6) is 0 Å². The Morgan fingerprint density at radius 2 is 1.97 bits per heavy atom. The van der Waals surface area contributed by atoms with Crippen LogP contribution in [0.1, 0.15) is 39.0 Å². The largest absolute Gasteiger partial charge is 0.391 e. The van der Waals surface area contributed by atoms with Gasteiger partial charge in [0, 0.05) is 19.4 Å². The molecule has 11 nitrogen and oxygen atoms in total. The smallest absolute Gasteiger partial charge is 0.335 e. The van der Waals surface area contributed by atoms with Crippen LogP contribution in [0.2, 0.25) is 0 Å². The van der Waals surface area contributed by atoms with E-state index < -0.39 is 59.2 Å². The molecular formula is C21H26N2O9. The third-order valence-electron chi connectivity index (χ3n) is 6.24. The Bertz CT molecular complexity index is 855. The maximum absolute atomic E-state index is 13.1. The second-order valence-electron chi connectivity index (χ2n) is 8.48. The fourth-order valence-electron chi connectivity index (χ4n) is 4.73. The van der Waals surface area contributed by atoms with E-state index in [-0.39, 0.29) is 39.0 Å². The summed E-state index contributed by atoms with van der Waals surface area (Å²) in [5, 5.41) is 10.3. The number of hydroxylamine groups is 2. The maximum Gasteiger partial charge on any atom is 0.335 e. The number of hydrogen-bond donors (Lipinski definition) is 1. The lowest BCUT2D eigenvalue weighted by Gasteiger charge is -2.29. The molecule has 5 atom stereocenters. The second-order valence-corrected chi connectivity index (χ2v) is 8.48.